The van der Waals surface area contributed by atoms with E-state index in [1.165, 1.54) is 0 Å². The van der Waals surface area contributed by atoms with Gasteiger partial charge in [0.15, 0.2) is 0 Å². The first-order valence-corrected chi connectivity index (χ1v) is 9.17. The summed E-state index contributed by atoms with van der Waals surface area (Å²) in [6, 6.07) is 2.46. The third kappa shape index (κ3) is 3.96. The van der Waals surface area contributed by atoms with Gasteiger partial charge in [-0.1, -0.05) is 0 Å². The normalized spacial score (nSPS) is 24.2. The van der Waals surface area contributed by atoms with Crippen LogP contribution in [0, 0.1) is 5.82 Å². The van der Waals surface area contributed by atoms with Crippen LogP contribution in [-0.4, -0.2) is 54.6 Å². The van der Waals surface area contributed by atoms with Crippen LogP contribution in [0.4, 0.5) is 17.6 Å². The van der Waals surface area contributed by atoms with Gasteiger partial charge in [-0.25, -0.2) is 4.39 Å². The van der Waals surface area contributed by atoms with Crippen LogP contribution in [0.2, 0.25) is 0 Å². The van der Waals surface area contributed by atoms with E-state index in [2.05, 4.69) is 0 Å². The summed E-state index contributed by atoms with van der Waals surface area (Å²) in [5.41, 5.74) is -1.64. The molecule has 0 aliphatic carbocycles. The monoisotopic (exact) mass is 388 g/mol. The Hall–Kier alpha value is -1.67. The van der Waals surface area contributed by atoms with Crippen molar-refractivity contribution in [3.8, 4) is 0 Å². The summed E-state index contributed by atoms with van der Waals surface area (Å²) >= 11 is 0. The second kappa shape index (κ2) is 7.75. The lowest BCUT2D eigenvalue weighted by Gasteiger charge is -2.44. The molecular formula is C19H24F4N2O2. The molecule has 27 heavy (non-hydrogen) atoms. The molecule has 1 aromatic rings. The van der Waals surface area contributed by atoms with Crippen LogP contribution in [-0.2, 0) is 22.3 Å². The number of hydrogen-bond acceptors (Lipinski definition) is 3. The smallest absolute Gasteiger partial charge is 0.383 e. The minimum atomic E-state index is -4.53. The lowest BCUT2D eigenvalue weighted by atomic mass is 9.85. The average molecular weight is 388 g/mol. The summed E-state index contributed by atoms with van der Waals surface area (Å²) in [7, 11) is 1.57. The number of likely N-dealkylation sites (tertiary alicyclic amines) is 2. The first-order chi connectivity index (χ1) is 12.8. The molecule has 2 aliphatic rings. The van der Waals surface area contributed by atoms with Gasteiger partial charge in [0.25, 0.3) is 0 Å². The van der Waals surface area contributed by atoms with E-state index >= 15 is 0 Å². The van der Waals surface area contributed by atoms with Crippen molar-refractivity contribution in [3.05, 3.63) is 35.1 Å². The molecule has 2 fully saturated rings. The Morgan fingerprint density at radius 2 is 1.89 bits per heavy atom. The van der Waals surface area contributed by atoms with Crippen LogP contribution in [0.15, 0.2) is 18.2 Å². The molecule has 8 heteroatoms. The Labute approximate surface area is 156 Å². The van der Waals surface area contributed by atoms with Gasteiger partial charge >= 0.3 is 6.18 Å². The number of piperidine rings is 1. The molecule has 2 heterocycles. The Kier molecular flexibility index (Phi) is 5.76. The maximum atomic E-state index is 14.2. The molecule has 4 nitrogen and oxygen atoms in total. The number of methoxy groups -OCH3 is 1. The third-order valence-electron chi connectivity index (χ3n) is 5.63. The summed E-state index contributed by atoms with van der Waals surface area (Å²) in [5.74, 6) is -0.694. The number of halogens is 4. The predicted octanol–water partition coefficient (Wildman–Crippen LogP) is 3.45. The quantitative estimate of drug-likeness (QED) is 0.725. The van der Waals surface area contributed by atoms with Gasteiger partial charge < -0.3 is 9.64 Å². The Morgan fingerprint density at radius 3 is 2.56 bits per heavy atom. The number of rotatable bonds is 5. The van der Waals surface area contributed by atoms with Gasteiger partial charge in [-0.2, -0.15) is 13.2 Å². The third-order valence-corrected chi connectivity index (χ3v) is 5.63. The molecule has 1 atom stereocenters. The van der Waals surface area contributed by atoms with E-state index in [4.69, 9.17) is 4.74 Å². The number of ether oxygens (including phenoxy) is 1. The van der Waals surface area contributed by atoms with Gasteiger partial charge in [0.2, 0.25) is 5.91 Å². The molecule has 0 N–H and O–H groups in total. The van der Waals surface area contributed by atoms with E-state index in [9.17, 15) is 22.4 Å². The summed E-state index contributed by atoms with van der Waals surface area (Å²) in [6.45, 7) is 2.14. The molecule has 1 aromatic carbocycles. The Bertz CT molecular complexity index is 695. The molecule has 0 bridgehead atoms. The topological polar surface area (TPSA) is 32.8 Å². The van der Waals surface area contributed by atoms with Crippen LogP contribution >= 0.6 is 0 Å². The summed E-state index contributed by atoms with van der Waals surface area (Å²) in [6.07, 6.45) is -1.64. The van der Waals surface area contributed by atoms with Crippen molar-refractivity contribution in [1.29, 1.82) is 0 Å². The second-order valence-electron chi connectivity index (χ2n) is 7.25. The molecule has 2 saturated heterocycles. The summed E-state index contributed by atoms with van der Waals surface area (Å²) < 4.78 is 58.2. The molecule has 0 saturated carbocycles. The van der Waals surface area contributed by atoms with Gasteiger partial charge in [-0.15, -0.1) is 0 Å². The lowest BCUT2D eigenvalue weighted by Crippen LogP contribution is -2.60. The molecule has 3 rings (SSSR count). The minimum absolute atomic E-state index is 0.000386. The number of amides is 1. The number of alkyl halides is 3. The van der Waals surface area contributed by atoms with Crippen LogP contribution in [0.3, 0.4) is 0 Å². The highest BCUT2D eigenvalue weighted by Gasteiger charge is 2.50. The van der Waals surface area contributed by atoms with Gasteiger partial charge in [0, 0.05) is 32.3 Å². The van der Waals surface area contributed by atoms with Crippen molar-refractivity contribution in [2.45, 2.75) is 43.9 Å². The first-order valence-electron chi connectivity index (χ1n) is 9.17. The highest BCUT2D eigenvalue weighted by atomic mass is 19.4. The number of carbonyl (C=O) groups excluding carboxylic acids is 1. The zero-order valence-corrected chi connectivity index (χ0v) is 15.3. The molecule has 150 valence electrons. The highest BCUT2D eigenvalue weighted by molar-refractivity contribution is 5.87. The highest BCUT2D eigenvalue weighted by Crippen LogP contribution is 2.40. The summed E-state index contributed by atoms with van der Waals surface area (Å²) in [4.78, 5) is 16.7. The molecule has 0 aromatic heterocycles. The fourth-order valence-electron chi connectivity index (χ4n) is 4.25. The number of hydrogen-bond donors (Lipinski definition) is 0. The number of carbonyl (C=O) groups is 1. The molecule has 1 unspecified atom stereocenters. The molecular weight excluding hydrogens is 364 g/mol. The van der Waals surface area contributed by atoms with Gasteiger partial charge in [0.05, 0.1) is 12.2 Å². The Balaban J connectivity index is 1.84. The van der Waals surface area contributed by atoms with Crippen molar-refractivity contribution in [2.75, 3.05) is 33.4 Å². The van der Waals surface area contributed by atoms with Crippen molar-refractivity contribution in [3.63, 3.8) is 0 Å². The zero-order chi connectivity index (χ0) is 19.7. The van der Waals surface area contributed by atoms with Crippen molar-refractivity contribution in [2.24, 2.45) is 0 Å². The van der Waals surface area contributed by atoms with E-state index < -0.39 is 23.1 Å². The van der Waals surface area contributed by atoms with Crippen molar-refractivity contribution in [1.82, 2.24) is 9.80 Å². The second-order valence-corrected chi connectivity index (χ2v) is 7.25. The number of benzene rings is 1. The zero-order valence-electron chi connectivity index (χ0n) is 15.3. The van der Waals surface area contributed by atoms with E-state index in [0.717, 1.165) is 31.0 Å². The van der Waals surface area contributed by atoms with E-state index in [-0.39, 0.29) is 18.0 Å². The van der Waals surface area contributed by atoms with Crippen LogP contribution < -0.4 is 0 Å². The van der Waals surface area contributed by atoms with E-state index in [1.807, 2.05) is 4.90 Å². The minimum Gasteiger partial charge on any atom is -0.383 e. The molecule has 1 amide bonds. The SMILES string of the molecule is COCCN1CCCC2(CCCN2Cc2cc(C(F)(F)F)ccc2F)C1=O. The van der Waals surface area contributed by atoms with Gasteiger partial charge in [-0.3, -0.25) is 9.69 Å². The fraction of sp³-hybridized carbons (Fsp3) is 0.632. The standard InChI is InChI=1S/C19H24F4N2O2/c1-27-11-10-24-8-2-6-18(17(24)26)7-3-9-25(18)13-14-12-15(19(21,22)23)4-5-16(14)20/h4-5,12H,2-3,6-11,13H2,1H3. The van der Waals surface area contributed by atoms with E-state index in [1.54, 1.807) is 12.0 Å². The largest absolute Gasteiger partial charge is 0.416 e. The number of nitrogens with zero attached hydrogens (tertiary/aromatic N) is 2. The van der Waals surface area contributed by atoms with E-state index in [0.29, 0.717) is 39.1 Å². The van der Waals surface area contributed by atoms with Crippen LogP contribution in [0.1, 0.15) is 36.8 Å². The van der Waals surface area contributed by atoms with Crippen molar-refractivity contribution >= 4 is 5.91 Å². The Morgan fingerprint density at radius 1 is 1.19 bits per heavy atom. The molecule has 2 aliphatic heterocycles. The fourth-order valence-corrected chi connectivity index (χ4v) is 4.25. The van der Waals surface area contributed by atoms with Crippen molar-refractivity contribution < 1.29 is 27.1 Å². The predicted molar refractivity (Wildman–Crippen MR) is 91.5 cm³/mol. The maximum absolute atomic E-state index is 14.2. The molecule has 1 spiro atoms. The molecule has 0 radical (unpaired) electrons. The average Bonchev–Trinajstić information content (AvgIpc) is 3.00. The van der Waals surface area contributed by atoms with Crippen LogP contribution in [0.5, 0.6) is 0 Å². The van der Waals surface area contributed by atoms with Gasteiger partial charge in [-0.05, 0) is 50.4 Å². The lowest BCUT2D eigenvalue weighted by molar-refractivity contribution is -0.148. The maximum Gasteiger partial charge on any atom is 0.416 e. The van der Waals surface area contributed by atoms with Crippen LogP contribution in [0.25, 0.3) is 0 Å². The summed E-state index contributed by atoms with van der Waals surface area (Å²) in [5, 5.41) is 0. The first kappa shape index (κ1) is 20.1. The van der Waals surface area contributed by atoms with Gasteiger partial charge in [0.1, 0.15) is 11.4 Å².